The Bertz CT molecular complexity index is 382. The first-order valence-electron chi connectivity index (χ1n) is 7.72. The molecule has 3 heteroatoms. The van der Waals surface area contributed by atoms with Crippen molar-refractivity contribution in [2.45, 2.75) is 31.7 Å². The van der Waals surface area contributed by atoms with Gasteiger partial charge in [0.1, 0.15) is 0 Å². The number of hydrogen-bond donors (Lipinski definition) is 1. The Kier molecular flexibility index (Phi) is 6.02. The van der Waals surface area contributed by atoms with Gasteiger partial charge in [0.15, 0.2) is 0 Å². The fraction of sp³-hybridized carbons (Fsp3) is 0.647. The number of methoxy groups -OCH3 is 1. The molecule has 1 aromatic rings. The summed E-state index contributed by atoms with van der Waals surface area (Å²) in [5.41, 5.74) is 7.44. The molecular weight excluding hydrogens is 248 g/mol. The highest BCUT2D eigenvalue weighted by molar-refractivity contribution is 5.19. The predicted octanol–water partition coefficient (Wildman–Crippen LogP) is 2.48. The second-order valence-corrected chi connectivity index (χ2v) is 6.04. The first-order chi connectivity index (χ1) is 9.74. The fourth-order valence-electron chi connectivity index (χ4n) is 3.29. The van der Waals surface area contributed by atoms with Crippen LogP contribution in [0.25, 0.3) is 0 Å². The van der Waals surface area contributed by atoms with Crippen LogP contribution in [0.5, 0.6) is 0 Å². The van der Waals surface area contributed by atoms with E-state index in [4.69, 9.17) is 10.5 Å². The summed E-state index contributed by atoms with van der Waals surface area (Å²) in [5, 5.41) is 0. The molecule has 0 aromatic heterocycles. The largest absolute Gasteiger partial charge is 0.384 e. The molecule has 3 unspecified atom stereocenters. The standard InChI is InChI=1S/C17H28N2O/c1-14(16-6-4-3-5-7-16)10-17(11-18)19-9-8-15(12-19)13-20-2/h3-7,14-15,17H,8-13,18H2,1-2H3. The summed E-state index contributed by atoms with van der Waals surface area (Å²) in [7, 11) is 1.79. The molecule has 2 rings (SSSR count). The van der Waals surface area contributed by atoms with Gasteiger partial charge in [-0.1, -0.05) is 37.3 Å². The Morgan fingerprint density at radius 2 is 2.10 bits per heavy atom. The summed E-state index contributed by atoms with van der Waals surface area (Å²) in [4.78, 5) is 2.56. The van der Waals surface area contributed by atoms with Crippen molar-refractivity contribution in [2.24, 2.45) is 11.7 Å². The maximum atomic E-state index is 6.03. The maximum Gasteiger partial charge on any atom is 0.0503 e. The Labute approximate surface area is 123 Å². The Morgan fingerprint density at radius 1 is 1.35 bits per heavy atom. The predicted molar refractivity (Wildman–Crippen MR) is 83.9 cm³/mol. The van der Waals surface area contributed by atoms with Crippen LogP contribution < -0.4 is 5.73 Å². The molecule has 0 spiro atoms. The van der Waals surface area contributed by atoms with Gasteiger partial charge in [-0.05, 0) is 36.8 Å². The van der Waals surface area contributed by atoms with Crippen LogP contribution >= 0.6 is 0 Å². The lowest BCUT2D eigenvalue weighted by Crippen LogP contribution is -2.40. The van der Waals surface area contributed by atoms with E-state index in [2.05, 4.69) is 42.2 Å². The van der Waals surface area contributed by atoms with Crippen molar-refractivity contribution >= 4 is 0 Å². The lowest BCUT2D eigenvalue weighted by atomic mass is 9.93. The van der Waals surface area contributed by atoms with Crippen LogP contribution in [0.4, 0.5) is 0 Å². The van der Waals surface area contributed by atoms with Crippen LogP contribution in [0.3, 0.4) is 0 Å². The quantitative estimate of drug-likeness (QED) is 0.831. The van der Waals surface area contributed by atoms with Gasteiger partial charge < -0.3 is 10.5 Å². The zero-order valence-electron chi connectivity index (χ0n) is 12.8. The van der Waals surface area contributed by atoms with Crippen molar-refractivity contribution in [1.82, 2.24) is 4.90 Å². The van der Waals surface area contributed by atoms with Crippen LogP contribution in [0.2, 0.25) is 0 Å². The molecular formula is C17H28N2O. The minimum absolute atomic E-state index is 0.493. The minimum Gasteiger partial charge on any atom is -0.384 e. The molecule has 1 saturated heterocycles. The van der Waals surface area contributed by atoms with Crippen molar-refractivity contribution in [1.29, 1.82) is 0 Å². The molecule has 0 saturated carbocycles. The second kappa shape index (κ2) is 7.77. The van der Waals surface area contributed by atoms with E-state index < -0.39 is 0 Å². The van der Waals surface area contributed by atoms with E-state index in [0.29, 0.717) is 17.9 Å². The highest BCUT2D eigenvalue weighted by Crippen LogP contribution is 2.26. The van der Waals surface area contributed by atoms with Crippen molar-refractivity contribution in [3.63, 3.8) is 0 Å². The van der Waals surface area contributed by atoms with Crippen LogP contribution in [-0.2, 0) is 4.74 Å². The van der Waals surface area contributed by atoms with Crippen LogP contribution in [-0.4, -0.2) is 44.3 Å². The molecule has 1 aliphatic rings. The molecule has 112 valence electrons. The number of nitrogens with two attached hydrogens (primary N) is 1. The second-order valence-electron chi connectivity index (χ2n) is 6.04. The zero-order chi connectivity index (χ0) is 14.4. The minimum atomic E-state index is 0.493. The van der Waals surface area contributed by atoms with Crippen LogP contribution in [0, 0.1) is 5.92 Å². The third kappa shape index (κ3) is 4.05. The highest BCUT2D eigenvalue weighted by atomic mass is 16.5. The van der Waals surface area contributed by atoms with Gasteiger partial charge in [0, 0.05) is 26.2 Å². The van der Waals surface area contributed by atoms with E-state index >= 15 is 0 Å². The first kappa shape index (κ1) is 15.5. The van der Waals surface area contributed by atoms with Crippen molar-refractivity contribution in [2.75, 3.05) is 33.4 Å². The fourth-order valence-corrected chi connectivity index (χ4v) is 3.29. The molecule has 0 amide bonds. The molecule has 0 aliphatic carbocycles. The van der Waals surface area contributed by atoms with Gasteiger partial charge in [-0.3, -0.25) is 4.90 Å². The average molecular weight is 276 g/mol. The van der Waals surface area contributed by atoms with E-state index in [-0.39, 0.29) is 0 Å². The van der Waals surface area contributed by atoms with E-state index in [9.17, 15) is 0 Å². The van der Waals surface area contributed by atoms with Gasteiger partial charge >= 0.3 is 0 Å². The molecule has 0 radical (unpaired) electrons. The normalized spacial score (nSPS) is 22.9. The summed E-state index contributed by atoms with van der Waals surface area (Å²) < 4.78 is 5.28. The lowest BCUT2D eigenvalue weighted by molar-refractivity contribution is 0.145. The molecule has 1 aliphatic heterocycles. The average Bonchev–Trinajstić information content (AvgIpc) is 2.94. The SMILES string of the molecule is COCC1CCN(C(CN)CC(C)c2ccccc2)C1. The van der Waals surface area contributed by atoms with Crippen LogP contribution in [0.15, 0.2) is 30.3 Å². The summed E-state index contributed by atoms with van der Waals surface area (Å²) in [6.07, 6.45) is 2.38. The Balaban J connectivity index is 1.89. The smallest absolute Gasteiger partial charge is 0.0503 e. The number of likely N-dealkylation sites (tertiary alicyclic amines) is 1. The number of hydrogen-bond acceptors (Lipinski definition) is 3. The molecule has 3 nitrogen and oxygen atoms in total. The van der Waals surface area contributed by atoms with E-state index in [1.807, 2.05) is 0 Å². The zero-order valence-corrected chi connectivity index (χ0v) is 12.8. The third-order valence-corrected chi connectivity index (χ3v) is 4.50. The molecule has 1 aromatic carbocycles. The first-order valence-corrected chi connectivity index (χ1v) is 7.72. The number of nitrogens with zero attached hydrogens (tertiary/aromatic N) is 1. The maximum absolute atomic E-state index is 6.03. The summed E-state index contributed by atoms with van der Waals surface area (Å²) in [6, 6.07) is 11.2. The third-order valence-electron chi connectivity index (χ3n) is 4.50. The van der Waals surface area contributed by atoms with E-state index in [0.717, 1.165) is 32.7 Å². The summed E-state index contributed by atoms with van der Waals surface area (Å²) in [5.74, 6) is 1.24. The van der Waals surface area contributed by atoms with Gasteiger partial charge in [0.25, 0.3) is 0 Å². The Hall–Kier alpha value is -0.900. The van der Waals surface area contributed by atoms with E-state index in [1.165, 1.54) is 12.0 Å². The summed E-state index contributed by atoms with van der Waals surface area (Å²) >= 11 is 0. The molecule has 0 bridgehead atoms. The molecule has 2 N–H and O–H groups in total. The van der Waals surface area contributed by atoms with Gasteiger partial charge in [-0.15, -0.1) is 0 Å². The van der Waals surface area contributed by atoms with Gasteiger partial charge in [-0.2, -0.15) is 0 Å². The molecule has 20 heavy (non-hydrogen) atoms. The van der Waals surface area contributed by atoms with Crippen LogP contribution in [0.1, 0.15) is 31.2 Å². The number of benzene rings is 1. The molecule has 3 atom stereocenters. The highest BCUT2D eigenvalue weighted by Gasteiger charge is 2.28. The molecule has 1 heterocycles. The van der Waals surface area contributed by atoms with Crippen molar-refractivity contribution in [3.05, 3.63) is 35.9 Å². The topological polar surface area (TPSA) is 38.5 Å². The monoisotopic (exact) mass is 276 g/mol. The number of rotatable bonds is 7. The van der Waals surface area contributed by atoms with E-state index in [1.54, 1.807) is 7.11 Å². The number of ether oxygens (including phenoxy) is 1. The Morgan fingerprint density at radius 3 is 2.75 bits per heavy atom. The van der Waals surface area contributed by atoms with Gasteiger partial charge in [0.2, 0.25) is 0 Å². The van der Waals surface area contributed by atoms with Gasteiger partial charge in [-0.25, -0.2) is 0 Å². The van der Waals surface area contributed by atoms with Crippen molar-refractivity contribution < 1.29 is 4.74 Å². The lowest BCUT2D eigenvalue weighted by Gasteiger charge is -2.29. The van der Waals surface area contributed by atoms with Gasteiger partial charge in [0.05, 0.1) is 6.61 Å². The van der Waals surface area contributed by atoms with Crippen molar-refractivity contribution in [3.8, 4) is 0 Å². The summed E-state index contributed by atoms with van der Waals surface area (Å²) in [6.45, 7) is 6.23. The molecule has 1 fully saturated rings.